The highest BCUT2D eigenvalue weighted by molar-refractivity contribution is 7.92. The Balaban J connectivity index is 0.000000264. The molecule has 0 heterocycles. The summed E-state index contributed by atoms with van der Waals surface area (Å²) in [4.78, 5) is 1.20. The summed E-state index contributed by atoms with van der Waals surface area (Å²) in [6, 6.07) is 39.1. The van der Waals surface area contributed by atoms with Crippen molar-refractivity contribution in [2.45, 2.75) is 59.1 Å². The van der Waals surface area contributed by atoms with E-state index < -0.39 is 39.3 Å². The van der Waals surface area contributed by atoms with Gasteiger partial charge in [0, 0.05) is 24.3 Å². The third kappa shape index (κ3) is 16.5. The van der Waals surface area contributed by atoms with E-state index >= 15 is 0 Å². The monoisotopic (exact) mass is 867 g/mol. The molecule has 0 unspecified atom stereocenters. The fraction of sp³-hybridized carbons (Fsp3) is 0.244. The average Bonchev–Trinajstić information content (AvgIpc) is 3.20. The fourth-order valence-electron chi connectivity index (χ4n) is 4.66. The highest BCUT2D eigenvalue weighted by atomic mass is 35.5. The molecular weight excluding hydrogens is 826 g/mol. The molecule has 0 aliphatic heterocycles. The molecule has 0 saturated heterocycles. The molecule has 16 heteroatoms. The largest absolute Gasteiger partial charge is 0.224 e. The molecule has 0 radical (unpaired) electrons. The summed E-state index contributed by atoms with van der Waals surface area (Å²) in [6.07, 6.45) is 0.730. The molecule has 0 saturated carbocycles. The molecule has 5 aromatic carbocycles. The van der Waals surface area contributed by atoms with Crippen LogP contribution in [-0.4, -0.2) is 56.7 Å². The third-order valence-corrected chi connectivity index (χ3v) is 15.0. The summed E-state index contributed by atoms with van der Waals surface area (Å²) >= 11 is 5.64. The number of nitrogens with zero attached hydrogens (tertiary/aromatic N) is 3. The van der Waals surface area contributed by atoms with E-state index in [1.54, 1.807) is 72.8 Å². The van der Waals surface area contributed by atoms with Gasteiger partial charge >= 0.3 is 0 Å². The Kier molecular flexibility index (Phi) is 19.6. The minimum Gasteiger partial charge on any atom is -0.224 e. The zero-order valence-corrected chi connectivity index (χ0v) is 35.3. The van der Waals surface area contributed by atoms with Crippen molar-refractivity contribution in [2.75, 3.05) is 23.0 Å². The minimum absolute atomic E-state index is 0.0230. The number of hydrogen-bond acceptors (Lipinski definition) is 11. The van der Waals surface area contributed by atoms with E-state index in [-0.39, 0.29) is 52.1 Å². The van der Waals surface area contributed by atoms with Crippen molar-refractivity contribution in [1.82, 2.24) is 0 Å². The van der Waals surface area contributed by atoms with Crippen molar-refractivity contribution in [3.8, 4) is 18.2 Å². The van der Waals surface area contributed by atoms with Crippen molar-refractivity contribution in [1.29, 1.82) is 15.8 Å². The number of rotatable bonds is 12. The van der Waals surface area contributed by atoms with Crippen LogP contribution in [0.25, 0.3) is 10.8 Å². The standard InChI is InChI=1S/C13H11NO2S.C10H11NO2S.C9H11ClO2S.C9H9NO2S/c14-8-3-9-17(15,16)13-7-6-11-4-1-2-5-12(11)10-13;1-9-3-5-10(6-4-9)14(12,13)8-2-7-11;1-2-7-13(11,12)9-5-3-8(10)4-6-9;10-7-4-8-13(11,12)9-5-2-1-3-6-9/h1-2,4-7,10H,3,9H2;3-6H,2,8H2,1H3;3-6H,2,7H2,1H3;1-3,5-6H,4,8H2. The van der Waals surface area contributed by atoms with Gasteiger partial charge < -0.3 is 0 Å². The van der Waals surface area contributed by atoms with Crippen LogP contribution in [0.4, 0.5) is 0 Å². The lowest BCUT2D eigenvalue weighted by atomic mass is 10.1. The van der Waals surface area contributed by atoms with E-state index in [0.29, 0.717) is 21.2 Å². The second-order valence-corrected chi connectivity index (χ2v) is 21.0. The first-order chi connectivity index (χ1) is 26.9. The minimum atomic E-state index is -3.34. The van der Waals surface area contributed by atoms with Crippen LogP contribution in [-0.2, 0) is 39.3 Å². The summed E-state index contributed by atoms with van der Waals surface area (Å²) in [6.45, 7) is 3.74. The number of fused-ring (bicyclic) bond motifs is 1. The van der Waals surface area contributed by atoms with E-state index in [2.05, 4.69) is 0 Å². The van der Waals surface area contributed by atoms with E-state index in [1.807, 2.05) is 56.3 Å². The highest BCUT2D eigenvalue weighted by Crippen LogP contribution is 2.20. The maximum Gasteiger partial charge on any atom is 0.179 e. The summed E-state index contributed by atoms with van der Waals surface area (Å²) in [5.74, 6) is -0.142. The Morgan fingerprint density at radius 2 is 0.825 bits per heavy atom. The van der Waals surface area contributed by atoms with Gasteiger partial charge in [-0.1, -0.05) is 84.8 Å². The van der Waals surface area contributed by atoms with Crippen molar-refractivity contribution in [3.63, 3.8) is 0 Å². The molecule has 5 rings (SSSR count). The van der Waals surface area contributed by atoms with Gasteiger partial charge in [0.25, 0.3) is 0 Å². The van der Waals surface area contributed by atoms with E-state index in [1.165, 1.54) is 24.3 Å². The van der Waals surface area contributed by atoms with Crippen LogP contribution in [0, 0.1) is 40.9 Å². The first-order valence-electron chi connectivity index (χ1n) is 17.3. The molecule has 11 nitrogen and oxygen atoms in total. The molecule has 0 aliphatic carbocycles. The Bertz CT molecular complexity index is 2640. The maximum absolute atomic E-state index is 11.9. The number of benzene rings is 5. The number of aryl methyl sites for hydroxylation is 1. The number of hydrogen-bond donors (Lipinski definition) is 0. The molecule has 300 valence electrons. The third-order valence-electron chi connectivity index (χ3n) is 7.66. The Labute approximate surface area is 341 Å². The molecular formula is C41H42ClN3O8S4. The summed E-state index contributed by atoms with van der Waals surface area (Å²) in [5, 5.41) is 27.5. The summed E-state index contributed by atoms with van der Waals surface area (Å²) in [7, 11) is -12.9. The fourth-order valence-corrected chi connectivity index (χ4v) is 9.60. The smallest absolute Gasteiger partial charge is 0.179 e. The molecule has 5 aromatic rings. The maximum atomic E-state index is 11.9. The van der Waals surface area contributed by atoms with E-state index in [0.717, 1.165) is 16.3 Å². The van der Waals surface area contributed by atoms with Gasteiger partial charge in [0.05, 0.1) is 60.8 Å². The van der Waals surface area contributed by atoms with Gasteiger partial charge in [0.1, 0.15) is 0 Å². The van der Waals surface area contributed by atoms with Gasteiger partial charge in [-0.15, -0.1) is 0 Å². The Morgan fingerprint density at radius 1 is 0.456 bits per heavy atom. The normalized spacial score (nSPS) is 11.1. The second kappa shape index (κ2) is 23.2. The van der Waals surface area contributed by atoms with Crippen LogP contribution < -0.4 is 0 Å². The Morgan fingerprint density at radius 3 is 1.28 bits per heavy atom. The highest BCUT2D eigenvalue weighted by Gasteiger charge is 2.15. The van der Waals surface area contributed by atoms with Crippen LogP contribution in [0.2, 0.25) is 5.02 Å². The van der Waals surface area contributed by atoms with Crippen LogP contribution in [0.1, 0.15) is 38.2 Å². The van der Waals surface area contributed by atoms with Gasteiger partial charge in [-0.25, -0.2) is 33.7 Å². The van der Waals surface area contributed by atoms with Gasteiger partial charge in [-0.2, -0.15) is 15.8 Å². The lowest BCUT2D eigenvalue weighted by Crippen LogP contribution is -2.05. The lowest BCUT2D eigenvalue weighted by molar-refractivity contribution is 0.593. The molecule has 0 amide bonds. The molecule has 0 fully saturated rings. The van der Waals surface area contributed by atoms with E-state index in [9.17, 15) is 33.7 Å². The molecule has 0 atom stereocenters. The molecule has 0 spiro atoms. The molecule has 0 aromatic heterocycles. The first-order valence-corrected chi connectivity index (χ1v) is 24.3. The number of halogens is 1. The van der Waals surface area contributed by atoms with Crippen LogP contribution >= 0.6 is 11.6 Å². The van der Waals surface area contributed by atoms with Gasteiger partial charge in [-0.3, -0.25) is 0 Å². The Hall–Kier alpha value is -5.08. The number of nitriles is 3. The zero-order chi connectivity index (χ0) is 42.5. The first kappa shape index (κ1) is 48.1. The summed E-state index contributed by atoms with van der Waals surface area (Å²) in [5.41, 5.74) is 1.02. The molecule has 0 aliphatic rings. The van der Waals surface area contributed by atoms with Crippen LogP contribution in [0.5, 0.6) is 0 Å². The van der Waals surface area contributed by atoms with Gasteiger partial charge in [0.2, 0.25) is 0 Å². The zero-order valence-electron chi connectivity index (χ0n) is 31.3. The predicted octanol–water partition coefficient (Wildman–Crippen LogP) is 8.11. The van der Waals surface area contributed by atoms with Crippen molar-refractivity contribution in [2.24, 2.45) is 0 Å². The van der Waals surface area contributed by atoms with Crippen LogP contribution in [0.3, 0.4) is 0 Å². The van der Waals surface area contributed by atoms with Gasteiger partial charge in [-0.05, 0) is 84.8 Å². The lowest BCUT2D eigenvalue weighted by Gasteiger charge is -2.04. The molecule has 57 heavy (non-hydrogen) atoms. The van der Waals surface area contributed by atoms with Crippen LogP contribution in [0.15, 0.2) is 141 Å². The van der Waals surface area contributed by atoms with Crippen molar-refractivity contribution >= 4 is 61.7 Å². The van der Waals surface area contributed by atoms with Crippen molar-refractivity contribution < 1.29 is 33.7 Å². The SMILES string of the molecule is CCCS(=O)(=O)c1ccc(Cl)cc1.Cc1ccc(S(=O)(=O)CCC#N)cc1.N#CCCS(=O)(=O)c1ccc2ccccc2c1.N#CCCS(=O)(=O)c1ccccc1. The number of sulfone groups is 4. The average molecular weight is 869 g/mol. The van der Waals surface area contributed by atoms with Gasteiger partial charge in [0.15, 0.2) is 39.3 Å². The van der Waals surface area contributed by atoms with E-state index in [4.69, 9.17) is 27.4 Å². The van der Waals surface area contributed by atoms with Crippen molar-refractivity contribution in [3.05, 3.63) is 132 Å². The predicted molar refractivity (Wildman–Crippen MR) is 222 cm³/mol. The topological polar surface area (TPSA) is 208 Å². The summed E-state index contributed by atoms with van der Waals surface area (Å²) < 4.78 is 92.8. The quantitative estimate of drug-likeness (QED) is 0.117. The molecule has 0 N–H and O–H groups in total. The second-order valence-electron chi connectivity index (χ2n) is 12.1. The molecule has 0 bridgehead atoms.